The topological polar surface area (TPSA) is 77.3 Å². The van der Waals surface area contributed by atoms with E-state index in [1.807, 2.05) is 12.4 Å². The van der Waals surface area contributed by atoms with Gasteiger partial charge in [0.25, 0.3) is 0 Å². The normalized spacial score (nSPS) is 11.5. The summed E-state index contributed by atoms with van der Waals surface area (Å²) in [5, 5.41) is 13.5. The summed E-state index contributed by atoms with van der Waals surface area (Å²) < 4.78 is 0. The minimum Gasteiger partial charge on any atom is -0.256 e. The largest absolute Gasteiger partial charge is 0.256 e. The maximum atomic E-state index is 5.55. The van der Waals surface area contributed by atoms with Crippen molar-refractivity contribution in [3.8, 4) is 124 Å². The highest BCUT2D eigenvalue weighted by Gasteiger charge is 2.23. The van der Waals surface area contributed by atoms with Gasteiger partial charge in [-0.15, -0.1) is 0 Å². The molecule has 0 radical (unpaired) electrons. The van der Waals surface area contributed by atoms with Crippen LogP contribution in [-0.4, -0.2) is 29.9 Å². The number of pyridine rings is 2. The van der Waals surface area contributed by atoms with Gasteiger partial charge in [-0.1, -0.05) is 303 Å². The molecule has 0 saturated carbocycles. The van der Waals surface area contributed by atoms with Crippen LogP contribution >= 0.6 is 0 Å². The Bertz CT molecular complexity index is 5530. The van der Waals surface area contributed by atoms with Crippen LogP contribution in [0.5, 0.6) is 0 Å². The van der Waals surface area contributed by atoms with E-state index in [0.29, 0.717) is 11.6 Å². The van der Waals surface area contributed by atoms with E-state index in [-0.39, 0.29) is 0 Å². The second kappa shape index (κ2) is 23.7. The molecule has 0 saturated heterocycles. The predicted octanol–water partition coefficient (Wildman–Crippen LogP) is 23.3. The smallest absolute Gasteiger partial charge is 0.161 e. The lowest BCUT2D eigenvalue weighted by atomic mass is 9.88. The Hall–Kier alpha value is -12.9. The van der Waals surface area contributed by atoms with E-state index in [1.54, 1.807) is 0 Å². The third-order valence-electron chi connectivity index (χ3n) is 18.8. The lowest BCUT2D eigenvalue weighted by molar-refractivity contribution is 1.19. The van der Waals surface area contributed by atoms with Crippen LogP contribution in [0.25, 0.3) is 188 Å². The number of fused-ring (bicyclic) bond motifs is 6. The summed E-state index contributed by atoms with van der Waals surface area (Å²) in [6.07, 6.45) is 3.78. The Kier molecular flexibility index (Phi) is 13.8. The maximum absolute atomic E-state index is 5.55. The lowest BCUT2D eigenvalue weighted by Crippen LogP contribution is -1.99. The first kappa shape index (κ1) is 55.9. The summed E-state index contributed by atoms with van der Waals surface area (Å²) in [5.41, 5.74) is 20.0. The SMILES string of the molecule is c1ccc(-c2c3ccccc3c(-c3nc(-c4ccc(-c5ccc(-c6cc(-c7ccc(-c8nccc9ccccc89)cc7)nc(-c7c8ccccc8c(-c8ccccc8)c8ccccc78)n6)cc5)cc4)cc(-c4ccc(-c5nccc6ccccc56)cc4)n3)c3ccccc23)cc1. The fraction of sp³-hybridized carbons (Fsp3) is 0. The molecule has 0 aliphatic carbocycles. The van der Waals surface area contributed by atoms with Gasteiger partial charge < -0.3 is 0 Å². The molecule has 18 aromatic rings. The standard InChI is InChI=1S/C90H56N6/c1-3-21-65(22-4-1)83-71-27-11-15-31-75(71)85(76-32-16-12-28-72(76)83)89-93-79(55-81(95-89)63-43-47-67(48-44-63)87-69-25-9-7-19-59(69)51-53-91-87)61-39-35-57(36-40-61)58-37-41-62(42-38-58)80-56-82(64-45-49-68(50-46-64)88-70-26-10-8-20-60(70)52-54-92-88)96-90(94-80)86-77-33-17-13-29-73(77)84(66-23-5-2-6-24-66)74-30-14-18-34-78(74)86/h1-56H. The number of nitrogens with zero attached hydrogens (tertiary/aromatic N) is 6. The first-order chi connectivity index (χ1) is 47.6. The third-order valence-corrected chi connectivity index (χ3v) is 18.8. The monoisotopic (exact) mass is 1220 g/mol. The fourth-order valence-corrected chi connectivity index (χ4v) is 14.2. The van der Waals surface area contributed by atoms with Crippen LogP contribution in [0.3, 0.4) is 0 Å². The zero-order valence-electron chi connectivity index (χ0n) is 52.0. The molecule has 0 spiro atoms. The van der Waals surface area contributed by atoms with Crippen LogP contribution in [0.4, 0.5) is 0 Å². The Labute approximate surface area is 554 Å². The molecule has 0 aliphatic rings. The molecule has 0 unspecified atom stereocenters. The molecule has 4 heterocycles. The number of hydrogen-bond donors (Lipinski definition) is 0. The van der Waals surface area contributed by atoms with Crippen molar-refractivity contribution >= 4 is 64.6 Å². The number of benzene rings is 14. The van der Waals surface area contributed by atoms with Gasteiger partial charge in [0.2, 0.25) is 0 Å². The lowest BCUT2D eigenvalue weighted by Gasteiger charge is -2.18. The van der Waals surface area contributed by atoms with Gasteiger partial charge in [0.15, 0.2) is 11.6 Å². The minimum absolute atomic E-state index is 0.658. The predicted molar refractivity (Wildman–Crippen MR) is 398 cm³/mol. The van der Waals surface area contributed by atoms with E-state index in [0.717, 1.165) is 166 Å². The molecule has 4 aromatic heterocycles. The van der Waals surface area contributed by atoms with Gasteiger partial charge in [-0.3, -0.25) is 9.97 Å². The van der Waals surface area contributed by atoms with Crippen LogP contribution in [0.1, 0.15) is 0 Å². The van der Waals surface area contributed by atoms with Crippen molar-refractivity contribution in [2.24, 2.45) is 0 Å². The number of rotatable bonds is 11. The Morgan fingerprint density at radius 1 is 0.167 bits per heavy atom. The van der Waals surface area contributed by atoms with Crippen LogP contribution in [-0.2, 0) is 0 Å². The number of hydrogen-bond acceptors (Lipinski definition) is 6. The summed E-state index contributed by atoms with van der Waals surface area (Å²) in [6, 6.07) is 116. The zero-order valence-corrected chi connectivity index (χ0v) is 52.0. The second-order valence-corrected chi connectivity index (χ2v) is 24.4. The molecule has 0 fully saturated rings. The van der Waals surface area contributed by atoms with Gasteiger partial charge in [0.1, 0.15) is 0 Å². The molecular weight excluding hydrogens is 1170 g/mol. The average Bonchev–Trinajstić information content (AvgIpc) is 0.741. The van der Waals surface area contributed by atoms with Crippen LogP contribution in [0.15, 0.2) is 340 Å². The van der Waals surface area contributed by atoms with Crippen molar-refractivity contribution < 1.29 is 0 Å². The summed E-state index contributed by atoms with van der Waals surface area (Å²) in [4.78, 5) is 31.9. The van der Waals surface area contributed by atoms with Crippen molar-refractivity contribution in [3.05, 3.63) is 340 Å². The van der Waals surface area contributed by atoms with Gasteiger partial charge >= 0.3 is 0 Å². The number of aromatic nitrogens is 6. The van der Waals surface area contributed by atoms with Gasteiger partial charge in [0, 0.05) is 67.7 Å². The van der Waals surface area contributed by atoms with Gasteiger partial charge in [0.05, 0.1) is 34.2 Å². The van der Waals surface area contributed by atoms with Gasteiger partial charge in [-0.05, 0) is 112 Å². The van der Waals surface area contributed by atoms with E-state index in [4.69, 9.17) is 29.9 Å². The van der Waals surface area contributed by atoms with E-state index >= 15 is 0 Å². The van der Waals surface area contributed by atoms with Crippen LogP contribution < -0.4 is 0 Å². The molecule has 0 atom stereocenters. The highest BCUT2D eigenvalue weighted by Crippen LogP contribution is 2.46. The Morgan fingerprint density at radius 2 is 0.406 bits per heavy atom. The highest BCUT2D eigenvalue weighted by molar-refractivity contribution is 6.22. The molecule has 0 amide bonds. The molecule has 18 rings (SSSR count). The average molecular weight is 1220 g/mol. The van der Waals surface area contributed by atoms with Crippen molar-refractivity contribution in [3.63, 3.8) is 0 Å². The first-order valence-corrected chi connectivity index (χ1v) is 32.5. The second-order valence-electron chi connectivity index (χ2n) is 24.4. The molecule has 6 nitrogen and oxygen atoms in total. The van der Waals surface area contributed by atoms with E-state index in [1.165, 1.54) is 11.1 Å². The molecule has 0 aliphatic heterocycles. The summed E-state index contributed by atoms with van der Waals surface area (Å²) >= 11 is 0. The highest BCUT2D eigenvalue weighted by atomic mass is 14.9. The summed E-state index contributed by atoms with van der Waals surface area (Å²) in [5.74, 6) is 1.32. The van der Waals surface area contributed by atoms with Crippen molar-refractivity contribution in [2.45, 2.75) is 0 Å². The quantitative estimate of drug-likeness (QED) is 0.120. The fourth-order valence-electron chi connectivity index (χ4n) is 14.2. The van der Waals surface area contributed by atoms with E-state index in [9.17, 15) is 0 Å². The molecule has 14 aromatic carbocycles. The van der Waals surface area contributed by atoms with E-state index in [2.05, 4.69) is 328 Å². The van der Waals surface area contributed by atoms with Crippen LogP contribution in [0.2, 0.25) is 0 Å². The van der Waals surface area contributed by atoms with Crippen molar-refractivity contribution in [1.29, 1.82) is 0 Å². The Morgan fingerprint density at radius 3 is 0.708 bits per heavy atom. The van der Waals surface area contributed by atoms with Crippen molar-refractivity contribution in [1.82, 2.24) is 29.9 Å². The van der Waals surface area contributed by atoms with Crippen LogP contribution in [0, 0.1) is 0 Å². The zero-order chi connectivity index (χ0) is 63.5. The summed E-state index contributed by atoms with van der Waals surface area (Å²) in [6.45, 7) is 0. The minimum atomic E-state index is 0.658. The molecule has 446 valence electrons. The van der Waals surface area contributed by atoms with E-state index < -0.39 is 0 Å². The van der Waals surface area contributed by atoms with Gasteiger partial charge in [-0.2, -0.15) is 0 Å². The van der Waals surface area contributed by atoms with Gasteiger partial charge in [-0.25, -0.2) is 19.9 Å². The molecule has 0 N–H and O–H groups in total. The van der Waals surface area contributed by atoms with Crippen molar-refractivity contribution in [2.75, 3.05) is 0 Å². The molecule has 0 bridgehead atoms. The first-order valence-electron chi connectivity index (χ1n) is 32.5. The maximum Gasteiger partial charge on any atom is 0.161 e. The third kappa shape index (κ3) is 9.91. The molecular formula is C90H56N6. The Balaban J connectivity index is 0.742. The molecule has 6 heteroatoms. The summed E-state index contributed by atoms with van der Waals surface area (Å²) in [7, 11) is 0. The molecule has 96 heavy (non-hydrogen) atoms.